The van der Waals surface area contributed by atoms with Crippen LogP contribution in [0.1, 0.15) is 48.5 Å². The highest BCUT2D eigenvalue weighted by Crippen LogP contribution is 2.29. The van der Waals surface area contributed by atoms with Gasteiger partial charge in [0.25, 0.3) is 5.91 Å². The molecule has 30 heavy (non-hydrogen) atoms. The monoisotopic (exact) mass is 408 g/mol. The molecule has 1 aliphatic carbocycles. The van der Waals surface area contributed by atoms with Crippen molar-refractivity contribution in [1.82, 2.24) is 5.32 Å². The Kier molecular flexibility index (Phi) is 7.49. The van der Waals surface area contributed by atoms with Gasteiger partial charge in [-0.25, -0.2) is 0 Å². The summed E-state index contributed by atoms with van der Waals surface area (Å²) in [7, 11) is 1.58. The number of anilines is 1. The van der Waals surface area contributed by atoms with Gasteiger partial charge in [-0.15, -0.1) is 0 Å². The summed E-state index contributed by atoms with van der Waals surface area (Å²) in [6.07, 6.45) is 7.24. The van der Waals surface area contributed by atoms with Gasteiger partial charge in [-0.05, 0) is 55.2 Å². The summed E-state index contributed by atoms with van der Waals surface area (Å²) in [6, 6.07) is 12.8. The molecule has 0 unspecified atom stereocenters. The number of rotatable bonds is 10. The van der Waals surface area contributed by atoms with Crippen molar-refractivity contribution in [1.29, 1.82) is 0 Å². The second-order valence-electron chi connectivity index (χ2n) is 7.26. The molecule has 2 amide bonds. The fraction of sp³-hybridized carbons (Fsp3) is 0.333. The first kappa shape index (κ1) is 21.4. The van der Waals surface area contributed by atoms with Gasteiger partial charge in [-0.3, -0.25) is 9.59 Å². The highest BCUT2D eigenvalue weighted by molar-refractivity contribution is 6.03. The van der Waals surface area contributed by atoms with Crippen molar-refractivity contribution in [2.75, 3.05) is 19.0 Å². The van der Waals surface area contributed by atoms with Gasteiger partial charge < -0.3 is 20.1 Å². The van der Waals surface area contributed by atoms with E-state index in [0.29, 0.717) is 35.4 Å². The lowest BCUT2D eigenvalue weighted by atomic mass is 10.1. The summed E-state index contributed by atoms with van der Waals surface area (Å²) < 4.78 is 11.0. The van der Waals surface area contributed by atoms with Crippen molar-refractivity contribution >= 4 is 23.6 Å². The van der Waals surface area contributed by atoms with Crippen molar-refractivity contribution in [2.24, 2.45) is 0 Å². The first-order valence-corrected chi connectivity index (χ1v) is 10.3. The molecule has 0 saturated heterocycles. The minimum atomic E-state index is -0.279. The Morgan fingerprint density at radius 1 is 1.13 bits per heavy atom. The van der Waals surface area contributed by atoms with E-state index in [1.165, 1.54) is 6.08 Å². The number of amides is 2. The molecule has 2 aromatic carbocycles. The van der Waals surface area contributed by atoms with Crippen molar-refractivity contribution < 1.29 is 19.1 Å². The third kappa shape index (κ3) is 6.37. The maximum atomic E-state index is 12.4. The SMILES string of the molecule is CCCCOc1ccc(OC)cc1NC(=O)/C=C/c1ccc(C(=O)NC2CC2)cc1. The summed E-state index contributed by atoms with van der Waals surface area (Å²) in [5.41, 5.74) is 2.01. The van der Waals surface area contributed by atoms with Crippen LogP contribution in [0.5, 0.6) is 11.5 Å². The van der Waals surface area contributed by atoms with Crippen LogP contribution in [0.2, 0.25) is 0 Å². The minimum Gasteiger partial charge on any atom is -0.497 e. The highest BCUT2D eigenvalue weighted by atomic mass is 16.5. The van der Waals surface area contributed by atoms with E-state index in [0.717, 1.165) is 31.2 Å². The molecule has 2 aromatic rings. The number of ether oxygens (including phenoxy) is 2. The van der Waals surface area contributed by atoms with E-state index in [-0.39, 0.29) is 11.8 Å². The number of unbranched alkanes of at least 4 members (excludes halogenated alkanes) is 1. The van der Waals surface area contributed by atoms with Gasteiger partial charge in [0.1, 0.15) is 11.5 Å². The molecule has 1 aliphatic rings. The van der Waals surface area contributed by atoms with Crippen LogP contribution in [0.15, 0.2) is 48.5 Å². The third-order valence-electron chi connectivity index (χ3n) is 4.71. The summed E-state index contributed by atoms with van der Waals surface area (Å²) in [5, 5.41) is 5.80. The van der Waals surface area contributed by atoms with Crippen LogP contribution < -0.4 is 20.1 Å². The van der Waals surface area contributed by atoms with E-state index in [4.69, 9.17) is 9.47 Å². The molecule has 0 spiro atoms. The predicted molar refractivity (Wildman–Crippen MR) is 118 cm³/mol. The number of methoxy groups -OCH3 is 1. The van der Waals surface area contributed by atoms with E-state index >= 15 is 0 Å². The van der Waals surface area contributed by atoms with Gasteiger partial charge in [0.2, 0.25) is 5.91 Å². The number of carbonyl (C=O) groups excluding carboxylic acids is 2. The summed E-state index contributed by atoms with van der Waals surface area (Å²) in [6.45, 7) is 2.68. The van der Waals surface area contributed by atoms with E-state index in [1.807, 2.05) is 12.1 Å². The molecule has 1 saturated carbocycles. The summed E-state index contributed by atoms with van der Waals surface area (Å²) in [4.78, 5) is 24.5. The zero-order valence-corrected chi connectivity index (χ0v) is 17.4. The average Bonchev–Trinajstić information content (AvgIpc) is 3.57. The molecule has 0 aliphatic heterocycles. The number of hydrogen-bond donors (Lipinski definition) is 2. The Morgan fingerprint density at radius 3 is 2.57 bits per heavy atom. The Balaban J connectivity index is 1.61. The Hall–Kier alpha value is -3.28. The Labute approximate surface area is 177 Å². The largest absolute Gasteiger partial charge is 0.497 e. The second-order valence-corrected chi connectivity index (χ2v) is 7.26. The normalized spacial score (nSPS) is 13.1. The maximum absolute atomic E-state index is 12.4. The van der Waals surface area contributed by atoms with Crippen LogP contribution in [0.4, 0.5) is 5.69 Å². The molecule has 158 valence electrons. The van der Waals surface area contributed by atoms with Crippen molar-refractivity contribution in [2.45, 2.75) is 38.6 Å². The summed E-state index contributed by atoms with van der Waals surface area (Å²) in [5.74, 6) is 0.910. The lowest BCUT2D eigenvalue weighted by molar-refractivity contribution is -0.111. The van der Waals surface area contributed by atoms with Crippen LogP contribution in [-0.2, 0) is 4.79 Å². The molecule has 3 rings (SSSR count). The predicted octanol–water partition coefficient (Wildman–Crippen LogP) is 4.42. The van der Waals surface area contributed by atoms with Gasteiger partial charge in [0.05, 0.1) is 19.4 Å². The fourth-order valence-corrected chi connectivity index (χ4v) is 2.77. The molecule has 0 aromatic heterocycles. The van der Waals surface area contributed by atoms with Gasteiger partial charge in [0.15, 0.2) is 0 Å². The Morgan fingerprint density at radius 2 is 1.90 bits per heavy atom. The first-order chi connectivity index (χ1) is 14.6. The van der Waals surface area contributed by atoms with Gasteiger partial charge in [0, 0.05) is 23.7 Å². The molecule has 0 radical (unpaired) electrons. The lowest BCUT2D eigenvalue weighted by Crippen LogP contribution is -2.25. The highest BCUT2D eigenvalue weighted by Gasteiger charge is 2.23. The van der Waals surface area contributed by atoms with Crippen molar-refractivity contribution in [3.05, 3.63) is 59.7 Å². The lowest BCUT2D eigenvalue weighted by Gasteiger charge is -2.13. The molecule has 0 atom stereocenters. The topological polar surface area (TPSA) is 76.7 Å². The molecule has 1 fully saturated rings. The van der Waals surface area contributed by atoms with E-state index < -0.39 is 0 Å². The first-order valence-electron chi connectivity index (χ1n) is 10.3. The maximum Gasteiger partial charge on any atom is 0.251 e. The smallest absolute Gasteiger partial charge is 0.251 e. The van der Waals surface area contributed by atoms with Crippen molar-refractivity contribution in [3.8, 4) is 11.5 Å². The van der Waals surface area contributed by atoms with Crippen LogP contribution >= 0.6 is 0 Å². The molecule has 0 bridgehead atoms. The molecule has 0 heterocycles. The summed E-state index contributed by atoms with van der Waals surface area (Å²) >= 11 is 0. The van der Waals surface area contributed by atoms with Gasteiger partial charge in [-0.1, -0.05) is 25.5 Å². The molecule has 2 N–H and O–H groups in total. The second kappa shape index (κ2) is 10.5. The number of nitrogens with one attached hydrogen (secondary N) is 2. The zero-order chi connectivity index (χ0) is 21.3. The van der Waals surface area contributed by atoms with Crippen LogP contribution in [-0.4, -0.2) is 31.6 Å². The standard InChI is InChI=1S/C24H28N2O4/c1-3-4-15-30-22-13-12-20(29-2)16-21(22)26-23(27)14-7-17-5-8-18(9-6-17)24(28)25-19-10-11-19/h5-9,12-14,16,19H,3-4,10-11,15H2,1-2H3,(H,25,28)(H,26,27)/b14-7+. The third-order valence-corrected chi connectivity index (χ3v) is 4.71. The van der Waals surface area contributed by atoms with E-state index in [9.17, 15) is 9.59 Å². The zero-order valence-electron chi connectivity index (χ0n) is 17.4. The quantitative estimate of drug-likeness (QED) is 0.451. The number of hydrogen-bond acceptors (Lipinski definition) is 4. The fourth-order valence-electron chi connectivity index (χ4n) is 2.77. The Bertz CT molecular complexity index is 902. The molecular formula is C24H28N2O4. The minimum absolute atomic E-state index is 0.0561. The molecular weight excluding hydrogens is 380 g/mol. The molecule has 6 heteroatoms. The van der Waals surface area contributed by atoms with Crippen molar-refractivity contribution in [3.63, 3.8) is 0 Å². The van der Waals surface area contributed by atoms with E-state index in [2.05, 4.69) is 17.6 Å². The average molecular weight is 408 g/mol. The van der Waals surface area contributed by atoms with Gasteiger partial charge >= 0.3 is 0 Å². The number of carbonyl (C=O) groups is 2. The number of benzene rings is 2. The van der Waals surface area contributed by atoms with Crippen LogP contribution in [0, 0.1) is 0 Å². The molecule has 6 nitrogen and oxygen atoms in total. The van der Waals surface area contributed by atoms with E-state index in [1.54, 1.807) is 43.5 Å². The van der Waals surface area contributed by atoms with Crippen LogP contribution in [0.25, 0.3) is 6.08 Å². The van der Waals surface area contributed by atoms with Crippen LogP contribution in [0.3, 0.4) is 0 Å². The van der Waals surface area contributed by atoms with Gasteiger partial charge in [-0.2, -0.15) is 0 Å².